The molecule has 210 valence electrons. The van der Waals surface area contributed by atoms with E-state index >= 15 is 0 Å². The minimum absolute atomic E-state index is 0. The first-order chi connectivity index (χ1) is 19.3. The maximum atomic E-state index is 12.3. The SMILES string of the molecule is C#CCCC1(C[CH2-])N=N1.[CH2-]C1=C[I-]C=CC(Br)=C1.[CH2-]c1cc2ccc(Cl)cc2n(CCOc2ccccc2)c1=O.[Li+]. The average Bonchev–Trinajstić information content (AvgIpc) is 3.76. The molecule has 2 aromatic carbocycles. The Morgan fingerprint density at radius 2 is 1.88 bits per heavy atom. The van der Waals surface area contributed by atoms with Gasteiger partial charge in [-0.3, -0.25) is 0 Å². The van der Waals surface area contributed by atoms with Crippen molar-refractivity contribution in [2.24, 2.45) is 10.2 Å². The summed E-state index contributed by atoms with van der Waals surface area (Å²) in [5, 5.41) is 9.25. The van der Waals surface area contributed by atoms with Crippen LogP contribution in [-0.4, -0.2) is 16.8 Å². The molecular formula is C32H30BrClILiN3O2-3. The number of ether oxygens (including phenoxy) is 1. The second kappa shape index (κ2) is 17.6. The predicted octanol–water partition coefficient (Wildman–Crippen LogP) is 2.31. The van der Waals surface area contributed by atoms with Crippen LogP contribution in [0.25, 0.3) is 10.9 Å². The minimum Gasteiger partial charge on any atom is -0.492 e. The Bertz CT molecular complexity index is 1520. The summed E-state index contributed by atoms with van der Waals surface area (Å²) in [5.41, 5.74) is 2.11. The number of para-hydroxylation sites is 1. The van der Waals surface area contributed by atoms with E-state index in [-0.39, 0.29) is 51.3 Å². The van der Waals surface area contributed by atoms with Crippen molar-refractivity contribution in [1.82, 2.24) is 4.57 Å². The zero-order valence-electron chi connectivity index (χ0n) is 23.0. The summed E-state index contributed by atoms with van der Waals surface area (Å²) in [7, 11) is 0. The van der Waals surface area contributed by atoms with Crippen molar-refractivity contribution in [2.75, 3.05) is 6.61 Å². The molecule has 0 saturated carbocycles. The zero-order chi connectivity index (χ0) is 29.0. The van der Waals surface area contributed by atoms with Crippen LogP contribution in [0.1, 0.15) is 24.8 Å². The van der Waals surface area contributed by atoms with E-state index in [9.17, 15) is 4.79 Å². The van der Waals surface area contributed by atoms with Crippen molar-refractivity contribution < 1.29 is 44.8 Å². The molecule has 3 aromatic rings. The fourth-order valence-electron chi connectivity index (χ4n) is 3.54. The molecule has 0 amide bonds. The van der Waals surface area contributed by atoms with E-state index in [0.717, 1.165) is 46.0 Å². The molecule has 0 aliphatic carbocycles. The van der Waals surface area contributed by atoms with Crippen molar-refractivity contribution in [3.8, 4) is 18.1 Å². The van der Waals surface area contributed by atoms with Crippen LogP contribution in [0.5, 0.6) is 5.75 Å². The second-order valence-electron chi connectivity index (χ2n) is 8.76. The third-order valence-corrected chi connectivity index (χ3v) is 8.40. The van der Waals surface area contributed by atoms with Crippen LogP contribution in [0, 0.1) is 33.1 Å². The molecule has 5 rings (SSSR count). The van der Waals surface area contributed by atoms with Gasteiger partial charge >= 0.3 is 93.3 Å². The number of pyridine rings is 1. The molecule has 0 atom stereocenters. The Labute approximate surface area is 278 Å². The van der Waals surface area contributed by atoms with Gasteiger partial charge in [-0.2, -0.15) is 17.2 Å². The largest absolute Gasteiger partial charge is 1.00 e. The Morgan fingerprint density at radius 3 is 2.54 bits per heavy atom. The zero-order valence-corrected chi connectivity index (χ0v) is 27.5. The topological polar surface area (TPSA) is 55.9 Å². The van der Waals surface area contributed by atoms with E-state index in [0.29, 0.717) is 23.7 Å². The molecule has 0 fully saturated rings. The molecule has 2 aliphatic rings. The summed E-state index contributed by atoms with van der Waals surface area (Å²) in [6.45, 7) is 12.2. The number of halogens is 3. The molecule has 3 heterocycles. The van der Waals surface area contributed by atoms with Gasteiger partial charge in [0.15, 0.2) is 5.66 Å². The predicted molar refractivity (Wildman–Crippen MR) is 165 cm³/mol. The van der Waals surface area contributed by atoms with Gasteiger partial charge in [-0.05, 0) is 24.3 Å². The van der Waals surface area contributed by atoms with Crippen molar-refractivity contribution in [2.45, 2.75) is 31.5 Å². The second-order valence-corrected chi connectivity index (χ2v) is 12.2. The quantitative estimate of drug-likeness (QED) is 0.162. The van der Waals surface area contributed by atoms with Crippen LogP contribution >= 0.6 is 27.5 Å². The fraction of sp³-hybridized carbons (Fsp3) is 0.188. The van der Waals surface area contributed by atoms with Crippen LogP contribution in [0.2, 0.25) is 5.02 Å². The molecule has 0 saturated heterocycles. The maximum absolute atomic E-state index is 12.3. The van der Waals surface area contributed by atoms with Crippen molar-refractivity contribution in [3.05, 3.63) is 127 Å². The van der Waals surface area contributed by atoms with Gasteiger partial charge in [0, 0.05) is 29.9 Å². The normalized spacial score (nSPS) is 14.2. The molecule has 5 nitrogen and oxygen atoms in total. The molecule has 9 heteroatoms. The van der Waals surface area contributed by atoms with Gasteiger partial charge in [0.25, 0.3) is 0 Å². The Kier molecular flexibility index (Phi) is 15.0. The number of terminal acetylenes is 1. The molecule has 0 spiro atoms. The number of benzene rings is 2. The fourth-order valence-corrected chi connectivity index (χ4v) is 6.07. The van der Waals surface area contributed by atoms with Gasteiger partial charge in [0.2, 0.25) is 0 Å². The minimum atomic E-state index is -0.160. The Balaban J connectivity index is 0.000000256. The van der Waals surface area contributed by atoms with Gasteiger partial charge < -0.3 is 21.0 Å². The third kappa shape index (κ3) is 11.5. The molecule has 0 bridgehead atoms. The number of hydrogen-bond acceptors (Lipinski definition) is 4. The summed E-state index contributed by atoms with van der Waals surface area (Å²) in [4.78, 5) is 12.3. The first kappa shape index (κ1) is 34.9. The number of hydrogen-bond donors (Lipinski definition) is 0. The van der Waals surface area contributed by atoms with Crippen LogP contribution in [0.15, 0.2) is 100.0 Å². The number of nitrogens with zero attached hydrogens (tertiary/aromatic N) is 3. The Hall–Kier alpha value is -2.33. The van der Waals surface area contributed by atoms with Crippen LogP contribution < -0.4 is 50.4 Å². The van der Waals surface area contributed by atoms with E-state index in [4.69, 9.17) is 22.8 Å². The van der Waals surface area contributed by atoms with E-state index in [2.05, 4.69) is 67.1 Å². The standard InChI is InChI=1S/C18H15ClNO2.C7H6BrI.C7H9N2.Li/c1-13-11-14-7-8-15(19)12-17(14)20(18(13)21)9-10-22-16-5-3-2-4-6-16;1-6-4-7(8)2-3-9-5-6;1-3-5-6-7(4-2)8-9-7;/h2-8,11-12H,1,9-10H2;2-5H,1H2;1H,2,4-6H2;/q-1;-2;-1;+1. The van der Waals surface area contributed by atoms with Crippen molar-refractivity contribution in [3.63, 3.8) is 0 Å². The smallest absolute Gasteiger partial charge is 0.492 e. The number of aromatic nitrogens is 1. The van der Waals surface area contributed by atoms with Gasteiger partial charge in [-0.25, -0.2) is 0 Å². The molecule has 0 radical (unpaired) electrons. The van der Waals surface area contributed by atoms with E-state index in [1.165, 1.54) is 0 Å². The average molecular weight is 738 g/mol. The molecule has 2 aliphatic heterocycles. The summed E-state index contributed by atoms with van der Waals surface area (Å²) in [6.07, 6.45) is 11.5. The Morgan fingerprint density at radius 1 is 1.15 bits per heavy atom. The van der Waals surface area contributed by atoms with Crippen molar-refractivity contribution in [1.29, 1.82) is 0 Å². The van der Waals surface area contributed by atoms with Crippen LogP contribution in [-0.2, 0) is 6.54 Å². The van der Waals surface area contributed by atoms with Gasteiger partial charge in [0.05, 0.1) is 0 Å². The van der Waals surface area contributed by atoms with E-state index in [1.54, 1.807) is 22.8 Å². The van der Waals surface area contributed by atoms with E-state index < -0.39 is 0 Å². The molecule has 0 unspecified atom stereocenters. The maximum Gasteiger partial charge on any atom is 1.00 e. The molecule has 0 N–H and O–H groups in total. The van der Waals surface area contributed by atoms with Crippen LogP contribution in [0.3, 0.4) is 0 Å². The van der Waals surface area contributed by atoms with Crippen molar-refractivity contribution >= 4 is 38.4 Å². The third-order valence-electron chi connectivity index (χ3n) is 5.73. The molecular weight excluding hydrogens is 708 g/mol. The first-order valence-electron chi connectivity index (χ1n) is 12.4. The number of rotatable bonds is 7. The van der Waals surface area contributed by atoms with Crippen LogP contribution in [0.4, 0.5) is 0 Å². The first-order valence-corrected chi connectivity index (χ1v) is 16.1. The molecule has 1 aromatic heterocycles. The van der Waals surface area contributed by atoms with Gasteiger partial charge in [0.1, 0.15) is 17.9 Å². The summed E-state index contributed by atoms with van der Waals surface area (Å²) in [5.74, 6) is 3.33. The van der Waals surface area contributed by atoms with Gasteiger partial charge in [-0.15, -0.1) is 30.4 Å². The van der Waals surface area contributed by atoms with E-state index in [1.807, 2.05) is 42.5 Å². The van der Waals surface area contributed by atoms with Gasteiger partial charge in [-0.1, -0.05) is 41.3 Å². The number of fused-ring (bicyclic) bond motifs is 1. The monoisotopic (exact) mass is 736 g/mol. The summed E-state index contributed by atoms with van der Waals surface area (Å²) in [6, 6.07) is 16.8. The number of allylic oxidation sites excluding steroid dienone is 4. The molecule has 41 heavy (non-hydrogen) atoms. The summed E-state index contributed by atoms with van der Waals surface area (Å²) < 4.78 is 12.9. The summed E-state index contributed by atoms with van der Waals surface area (Å²) >= 11 is 9.57.